The van der Waals surface area contributed by atoms with Crippen LogP contribution < -0.4 is 5.73 Å². The number of nitrogens with zero attached hydrogens (tertiary/aromatic N) is 2. The normalized spacial score (nSPS) is 12.8. The van der Waals surface area contributed by atoms with Crippen LogP contribution in [0.4, 0.5) is 4.39 Å². The highest BCUT2D eigenvalue weighted by Crippen LogP contribution is 2.21. The van der Waals surface area contributed by atoms with E-state index in [0.29, 0.717) is 10.7 Å². The Morgan fingerprint density at radius 3 is 2.88 bits per heavy atom. The Bertz CT molecular complexity index is 508. The van der Waals surface area contributed by atoms with Gasteiger partial charge in [0.2, 0.25) is 0 Å². The largest absolute Gasteiger partial charge is 0.323 e. The third kappa shape index (κ3) is 1.94. The van der Waals surface area contributed by atoms with E-state index >= 15 is 0 Å². The van der Waals surface area contributed by atoms with Crippen molar-refractivity contribution in [3.8, 4) is 5.69 Å². The first kappa shape index (κ1) is 11.1. The van der Waals surface area contributed by atoms with Gasteiger partial charge < -0.3 is 5.73 Å². The molecule has 0 saturated carbocycles. The summed E-state index contributed by atoms with van der Waals surface area (Å²) < 4.78 is 15.3. The molecule has 5 heteroatoms. The van der Waals surface area contributed by atoms with Gasteiger partial charge in [-0.1, -0.05) is 11.6 Å². The van der Waals surface area contributed by atoms with Crippen LogP contribution in [0, 0.1) is 5.82 Å². The maximum Gasteiger partial charge on any atom is 0.148 e. The molecule has 0 saturated heterocycles. The molecule has 0 aliphatic carbocycles. The SMILES string of the molecule is C[C@@H](N)c1cncn1-c1ccc(Cl)cc1F. The molecular formula is C11H11ClFN3. The van der Waals surface area contributed by atoms with Gasteiger partial charge in [-0.2, -0.15) is 0 Å². The molecule has 2 rings (SSSR count). The lowest BCUT2D eigenvalue weighted by Gasteiger charge is -2.11. The fourth-order valence-electron chi connectivity index (χ4n) is 1.52. The van der Waals surface area contributed by atoms with E-state index in [9.17, 15) is 4.39 Å². The van der Waals surface area contributed by atoms with Crippen LogP contribution in [0.1, 0.15) is 18.7 Å². The molecule has 16 heavy (non-hydrogen) atoms. The molecule has 1 aromatic carbocycles. The summed E-state index contributed by atoms with van der Waals surface area (Å²) in [5, 5.41) is 0.365. The van der Waals surface area contributed by atoms with Gasteiger partial charge in [0.15, 0.2) is 0 Å². The zero-order valence-corrected chi connectivity index (χ0v) is 9.45. The predicted octanol–water partition coefficient (Wildman–Crippen LogP) is 2.68. The monoisotopic (exact) mass is 239 g/mol. The van der Waals surface area contributed by atoms with Gasteiger partial charge in [-0.3, -0.25) is 4.57 Å². The molecule has 1 aromatic heterocycles. The van der Waals surface area contributed by atoms with Crippen molar-refractivity contribution in [2.75, 3.05) is 0 Å². The Kier molecular flexibility index (Phi) is 2.94. The summed E-state index contributed by atoms with van der Waals surface area (Å²) in [6.45, 7) is 1.82. The quantitative estimate of drug-likeness (QED) is 0.876. The van der Waals surface area contributed by atoms with Gasteiger partial charge in [0.05, 0.1) is 23.9 Å². The Labute approximate surface area is 97.7 Å². The topological polar surface area (TPSA) is 43.8 Å². The molecular weight excluding hydrogens is 229 g/mol. The first-order valence-electron chi connectivity index (χ1n) is 4.83. The van der Waals surface area contributed by atoms with Gasteiger partial charge in [0.1, 0.15) is 5.82 Å². The minimum atomic E-state index is -0.396. The highest BCUT2D eigenvalue weighted by Gasteiger charge is 2.11. The highest BCUT2D eigenvalue weighted by molar-refractivity contribution is 6.30. The average molecular weight is 240 g/mol. The maximum atomic E-state index is 13.7. The van der Waals surface area contributed by atoms with Crippen LogP contribution in [-0.2, 0) is 0 Å². The molecule has 0 amide bonds. The van der Waals surface area contributed by atoms with Crippen molar-refractivity contribution in [1.82, 2.24) is 9.55 Å². The first-order chi connectivity index (χ1) is 7.59. The highest BCUT2D eigenvalue weighted by atomic mass is 35.5. The molecule has 1 heterocycles. The lowest BCUT2D eigenvalue weighted by molar-refractivity contribution is 0.612. The Hall–Kier alpha value is -1.39. The standard InChI is InChI=1S/C11H11ClFN3/c1-7(14)11-5-15-6-16(11)10-3-2-8(12)4-9(10)13/h2-7H,14H2,1H3/t7-/m1/s1. The van der Waals surface area contributed by atoms with Crippen LogP contribution in [-0.4, -0.2) is 9.55 Å². The van der Waals surface area contributed by atoms with E-state index in [4.69, 9.17) is 17.3 Å². The van der Waals surface area contributed by atoms with Crippen molar-refractivity contribution in [2.24, 2.45) is 5.73 Å². The van der Waals surface area contributed by atoms with Crippen molar-refractivity contribution in [3.63, 3.8) is 0 Å². The maximum absolute atomic E-state index is 13.7. The molecule has 0 unspecified atom stereocenters. The van der Waals surface area contributed by atoms with Crippen molar-refractivity contribution >= 4 is 11.6 Å². The van der Waals surface area contributed by atoms with Crippen LogP contribution in [0.5, 0.6) is 0 Å². The molecule has 2 N–H and O–H groups in total. The summed E-state index contributed by atoms with van der Waals surface area (Å²) in [4.78, 5) is 3.97. The van der Waals surface area contributed by atoms with Gasteiger partial charge in [0.25, 0.3) is 0 Å². The molecule has 1 atom stereocenters. The Morgan fingerprint density at radius 2 is 2.25 bits per heavy atom. The second-order valence-electron chi connectivity index (χ2n) is 3.57. The van der Waals surface area contributed by atoms with Gasteiger partial charge >= 0.3 is 0 Å². The molecule has 0 bridgehead atoms. The molecule has 0 aliphatic rings. The number of benzene rings is 1. The summed E-state index contributed by atoms with van der Waals surface area (Å²) in [5.74, 6) is -0.396. The number of hydrogen-bond acceptors (Lipinski definition) is 2. The van der Waals surface area contributed by atoms with E-state index < -0.39 is 5.82 Å². The summed E-state index contributed by atoms with van der Waals surface area (Å²) >= 11 is 5.69. The molecule has 3 nitrogen and oxygen atoms in total. The molecule has 0 radical (unpaired) electrons. The van der Waals surface area contributed by atoms with Gasteiger partial charge in [0, 0.05) is 11.1 Å². The van der Waals surface area contributed by atoms with Crippen molar-refractivity contribution < 1.29 is 4.39 Å². The number of hydrogen-bond donors (Lipinski definition) is 1. The number of rotatable bonds is 2. The van der Waals surface area contributed by atoms with E-state index in [-0.39, 0.29) is 6.04 Å². The predicted molar refractivity (Wildman–Crippen MR) is 61.1 cm³/mol. The lowest BCUT2D eigenvalue weighted by atomic mass is 10.2. The summed E-state index contributed by atoms with van der Waals surface area (Å²) in [6.07, 6.45) is 3.16. The molecule has 0 spiro atoms. The third-order valence-electron chi connectivity index (χ3n) is 2.30. The first-order valence-corrected chi connectivity index (χ1v) is 5.20. The fourth-order valence-corrected chi connectivity index (χ4v) is 1.68. The zero-order chi connectivity index (χ0) is 11.7. The van der Waals surface area contributed by atoms with Crippen LogP contribution in [0.2, 0.25) is 5.02 Å². The van der Waals surface area contributed by atoms with Crippen LogP contribution in [0.25, 0.3) is 5.69 Å². The minimum absolute atomic E-state index is 0.211. The van der Waals surface area contributed by atoms with Crippen molar-refractivity contribution in [2.45, 2.75) is 13.0 Å². The van der Waals surface area contributed by atoms with Crippen molar-refractivity contribution in [1.29, 1.82) is 0 Å². The van der Waals surface area contributed by atoms with E-state index in [0.717, 1.165) is 5.69 Å². The second-order valence-corrected chi connectivity index (χ2v) is 4.01. The van der Waals surface area contributed by atoms with Gasteiger partial charge in [-0.15, -0.1) is 0 Å². The average Bonchev–Trinajstić information content (AvgIpc) is 2.66. The third-order valence-corrected chi connectivity index (χ3v) is 2.54. The molecule has 2 aromatic rings. The zero-order valence-electron chi connectivity index (χ0n) is 8.69. The summed E-state index contributed by atoms with van der Waals surface area (Å²) in [7, 11) is 0. The fraction of sp³-hybridized carbons (Fsp3) is 0.182. The van der Waals surface area contributed by atoms with Crippen molar-refractivity contribution in [3.05, 3.63) is 47.3 Å². The van der Waals surface area contributed by atoms with Crippen LogP contribution in [0.15, 0.2) is 30.7 Å². The Morgan fingerprint density at radius 1 is 1.50 bits per heavy atom. The van der Waals surface area contributed by atoms with Gasteiger partial charge in [-0.25, -0.2) is 9.37 Å². The van der Waals surface area contributed by atoms with E-state index in [1.54, 1.807) is 22.9 Å². The second kappa shape index (κ2) is 4.23. The number of imidazole rings is 1. The van der Waals surface area contributed by atoms with Crippen LogP contribution >= 0.6 is 11.6 Å². The molecule has 84 valence electrons. The van der Waals surface area contributed by atoms with Crippen LogP contribution in [0.3, 0.4) is 0 Å². The minimum Gasteiger partial charge on any atom is -0.323 e. The lowest BCUT2D eigenvalue weighted by Crippen LogP contribution is -2.11. The number of halogens is 2. The summed E-state index contributed by atoms with van der Waals surface area (Å²) in [6, 6.07) is 4.29. The smallest absolute Gasteiger partial charge is 0.148 e. The summed E-state index contributed by atoms with van der Waals surface area (Å²) in [5.41, 5.74) is 6.92. The molecule has 0 aliphatic heterocycles. The van der Waals surface area contributed by atoms with E-state index in [1.165, 1.54) is 12.4 Å². The van der Waals surface area contributed by atoms with Gasteiger partial charge in [-0.05, 0) is 25.1 Å². The number of aromatic nitrogens is 2. The van der Waals surface area contributed by atoms with E-state index in [1.807, 2.05) is 6.92 Å². The Balaban J connectivity index is 2.54. The molecule has 0 fully saturated rings. The number of nitrogens with two attached hydrogens (primary N) is 1. The van der Waals surface area contributed by atoms with E-state index in [2.05, 4.69) is 4.98 Å².